The van der Waals surface area contributed by atoms with Crippen LogP contribution in [0.15, 0.2) is 24.3 Å². The van der Waals surface area contributed by atoms with Gasteiger partial charge in [0.15, 0.2) is 0 Å². The lowest BCUT2D eigenvalue weighted by molar-refractivity contribution is 0.0827. The summed E-state index contributed by atoms with van der Waals surface area (Å²) in [4.78, 5) is 13.7. The number of amides is 1. The van der Waals surface area contributed by atoms with Crippen molar-refractivity contribution >= 4 is 11.6 Å². The van der Waals surface area contributed by atoms with Crippen molar-refractivity contribution in [1.29, 1.82) is 0 Å². The Morgan fingerprint density at radius 3 is 2.52 bits per heavy atom. The lowest BCUT2D eigenvalue weighted by atomic mass is 10.1. The van der Waals surface area contributed by atoms with Crippen LogP contribution in [0.2, 0.25) is 0 Å². The second-order valence-corrected chi connectivity index (χ2v) is 5.22. The van der Waals surface area contributed by atoms with Crippen molar-refractivity contribution in [3.8, 4) is 5.69 Å². The van der Waals surface area contributed by atoms with Crippen LogP contribution in [0.3, 0.4) is 0 Å². The maximum Gasteiger partial charge on any atom is 0.253 e. The second kappa shape index (κ2) is 5.99. The number of aryl methyl sites for hydroxylation is 2. The molecule has 5 heteroatoms. The highest BCUT2D eigenvalue weighted by atomic mass is 16.2. The van der Waals surface area contributed by atoms with Crippen molar-refractivity contribution in [2.75, 3.05) is 19.8 Å². The Morgan fingerprint density at radius 2 is 1.95 bits per heavy atom. The molecule has 1 aromatic carbocycles. The van der Waals surface area contributed by atoms with Gasteiger partial charge in [-0.1, -0.05) is 13.8 Å². The number of benzene rings is 1. The molecule has 1 amide bonds. The fourth-order valence-electron chi connectivity index (χ4n) is 2.23. The summed E-state index contributed by atoms with van der Waals surface area (Å²) in [6.45, 7) is 4.15. The van der Waals surface area contributed by atoms with Gasteiger partial charge in [0.2, 0.25) is 0 Å². The van der Waals surface area contributed by atoms with Gasteiger partial charge in [-0.2, -0.15) is 5.10 Å². The molecule has 0 aliphatic heterocycles. The molecule has 112 valence electrons. The normalized spacial score (nSPS) is 10.7. The highest BCUT2D eigenvalue weighted by Gasteiger charge is 2.14. The van der Waals surface area contributed by atoms with E-state index in [-0.39, 0.29) is 5.91 Å². The molecule has 1 heterocycles. The standard InChI is InChI=1S/C16H22N4O/c1-5-12-10-13(6-2)20(18-12)15-9-11(7-8-14(15)17)16(21)19(3)4/h7-10H,5-6,17H2,1-4H3. The maximum atomic E-state index is 12.1. The van der Waals surface area contributed by atoms with Crippen LogP contribution >= 0.6 is 0 Å². The predicted molar refractivity (Wildman–Crippen MR) is 84.7 cm³/mol. The summed E-state index contributed by atoms with van der Waals surface area (Å²) in [5.41, 5.74) is 10.2. The molecule has 0 aliphatic rings. The van der Waals surface area contributed by atoms with Crippen LogP contribution in [0.4, 0.5) is 5.69 Å². The molecule has 0 bridgehead atoms. The molecular weight excluding hydrogens is 264 g/mol. The number of rotatable bonds is 4. The van der Waals surface area contributed by atoms with Crippen LogP contribution in [0.5, 0.6) is 0 Å². The number of hydrogen-bond donors (Lipinski definition) is 1. The molecule has 5 nitrogen and oxygen atoms in total. The number of hydrogen-bond acceptors (Lipinski definition) is 3. The van der Waals surface area contributed by atoms with Gasteiger partial charge in [0.05, 0.1) is 17.1 Å². The van der Waals surface area contributed by atoms with Crippen molar-refractivity contribution in [1.82, 2.24) is 14.7 Å². The molecule has 0 atom stereocenters. The zero-order valence-electron chi connectivity index (χ0n) is 13.1. The molecule has 0 fully saturated rings. The summed E-state index contributed by atoms with van der Waals surface area (Å²) in [5.74, 6) is -0.0443. The molecule has 0 saturated carbocycles. The molecule has 2 aromatic rings. The second-order valence-electron chi connectivity index (χ2n) is 5.22. The first kappa shape index (κ1) is 15.1. The fourth-order valence-corrected chi connectivity index (χ4v) is 2.23. The van der Waals surface area contributed by atoms with Crippen molar-refractivity contribution < 1.29 is 4.79 Å². The highest BCUT2D eigenvalue weighted by Crippen LogP contribution is 2.22. The van der Waals surface area contributed by atoms with E-state index in [1.54, 1.807) is 31.1 Å². The van der Waals surface area contributed by atoms with Gasteiger partial charge in [-0.25, -0.2) is 4.68 Å². The predicted octanol–water partition coefficient (Wildman–Crippen LogP) is 2.28. The summed E-state index contributed by atoms with van der Waals surface area (Å²) in [5, 5.41) is 4.59. The molecule has 0 radical (unpaired) electrons. The van der Waals surface area contributed by atoms with Gasteiger partial charge in [0.1, 0.15) is 0 Å². The van der Waals surface area contributed by atoms with Gasteiger partial charge < -0.3 is 10.6 Å². The molecule has 2 N–H and O–H groups in total. The molecule has 0 aliphatic carbocycles. The van der Waals surface area contributed by atoms with E-state index in [9.17, 15) is 4.79 Å². The van der Waals surface area contributed by atoms with Gasteiger partial charge in [-0.15, -0.1) is 0 Å². The Morgan fingerprint density at radius 1 is 1.24 bits per heavy atom. The Kier molecular flexibility index (Phi) is 4.31. The lowest BCUT2D eigenvalue weighted by Gasteiger charge is -2.14. The van der Waals surface area contributed by atoms with E-state index in [1.165, 1.54) is 0 Å². The zero-order chi connectivity index (χ0) is 15.6. The maximum absolute atomic E-state index is 12.1. The Balaban J connectivity index is 2.55. The number of nitrogens with zero attached hydrogens (tertiary/aromatic N) is 3. The Hall–Kier alpha value is -2.30. The van der Waals surface area contributed by atoms with Crippen molar-refractivity contribution in [3.63, 3.8) is 0 Å². The van der Waals surface area contributed by atoms with E-state index in [2.05, 4.69) is 25.0 Å². The van der Waals surface area contributed by atoms with E-state index in [0.29, 0.717) is 11.3 Å². The quantitative estimate of drug-likeness (QED) is 0.877. The third kappa shape index (κ3) is 2.91. The van der Waals surface area contributed by atoms with Crippen LogP contribution in [-0.2, 0) is 12.8 Å². The van der Waals surface area contributed by atoms with Gasteiger partial charge >= 0.3 is 0 Å². The van der Waals surface area contributed by atoms with Crippen LogP contribution in [-0.4, -0.2) is 34.7 Å². The molecular formula is C16H22N4O. The summed E-state index contributed by atoms with van der Waals surface area (Å²) in [6.07, 6.45) is 1.73. The average Bonchev–Trinajstić information content (AvgIpc) is 2.90. The van der Waals surface area contributed by atoms with E-state index in [0.717, 1.165) is 29.9 Å². The Bertz CT molecular complexity index is 658. The molecule has 1 aromatic heterocycles. The number of aromatic nitrogens is 2. The van der Waals surface area contributed by atoms with Gasteiger partial charge in [-0.3, -0.25) is 4.79 Å². The number of anilines is 1. The fraction of sp³-hybridized carbons (Fsp3) is 0.375. The van der Waals surface area contributed by atoms with Crippen molar-refractivity contribution in [2.45, 2.75) is 26.7 Å². The average molecular weight is 286 g/mol. The molecule has 0 unspecified atom stereocenters. The summed E-state index contributed by atoms with van der Waals surface area (Å²) < 4.78 is 1.85. The summed E-state index contributed by atoms with van der Waals surface area (Å²) in [6, 6.07) is 7.40. The van der Waals surface area contributed by atoms with Gasteiger partial charge in [0.25, 0.3) is 5.91 Å². The van der Waals surface area contributed by atoms with E-state index < -0.39 is 0 Å². The number of carbonyl (C=O) groups is 1. The summed E-state index contributed by atoms with van der Waals surface area (Å²) in [7, 11) is 3.47. The lowest BCUT2D eigenvalue weighted by Crippen LogP contribution is -2.22. The first-order valence-electron chi connectivity index (χ1n) is 7.17. The number of nitrogen functional groups attached to an aromatic ring is 1. The first-order valence-corrected chi connectivity index (χ1v) is 7.17. The largest absolute Gasteiger partial charge is 0.397 e. The van der Waals surface area contributed by atoms with Crippen LogP contribution in [0.1, 0.15) is 35.6 Å². The van der Waals surface area contributed by atoms with Crippen molar-refractivity contribution in [3.05, 3.63) is 41.2 Å². The van der Waals surface area contributed by atoms with E-state index in [1.807, 2.05) is 10.7 Å². The van der Waals surface area contributed by atoms with E-state index in [4.69, 9.17) is 5.73 Å². The third-order valence-corrected chi connectivity index (χ3v) is 3.47. The van der Waals surface area contributed by atoms with Gasteiger partial charge in [0, 0.05) is 25.4 Å². The number of carbonyl (C=O) groups excluding carboxylic acids is 1. The monoisotopic (exact) mass is 286 g/mol. The van der Waals surface area contributed by atoms with Crippen molar-refractivity contribution in [2.24, 2.45) is 0 Å². The zero-order valence-corrected chi connectivity index (χ0v) is 13.1. The van der Waals surface area contributed by atoms with Crippen LogP contribution in [0, 0.1) is 0 Å². The third-order valence-electron chi connectivity index (χ3n) is 3.47. The van der Waals surface area contributed by atoms with E-state index >= 15 is 0 Å². The Labute approximate surface area is 125 Å². The number of nitrogens with two attached hydrogens (primary N) is 1. The first-order chi connectivity index (χ1) is 9.97. The minimum absolute atomic E-state index is 0.0443. The highest BCUT2D eigenvalue weighted by molar-refractivity contribution is 5.95. The molecule has 21 heavy (non-hydrogen) atoms. The van der Waals surface area contributed by atoms with Crippen LogP contribution < -0.4 is 5.73 Å². The smallest absolute Gasteiger partial charge is 0.253 e. The molecule has 0 saturated heterocycles. The molecule has 2 rings (SSSR count). The van der Waals surface area contributed by atoms with Crippen LogP contribution in [0.25, 0.3) is 5.69 Å². The molecule has 0 spiro atoms. The summed E-state index contributed by atoms with van der Waals surface area (Å²) >= 11 is 0. The van der Waals surface area contributed by atoms with Gasteiger partial charge in [-0.05, 0) is 37.1 Å². The topological polar surface area (TPSA) is 64.2 Å². The minimum Gasteiger partial charge on any atom is -0.397 e. The minimum atomic E-state index is -0.0443. The SMILES string of the molecule is CCc1cc(CC)n(-c2cc(C(=O)N(C)C)ccc2N)n1.